The Bertz CT molecular complexity index is 231. The second-order valence-electron chi connectivity index (χ2n) is 5.47. The zero-order valence-electron chi connectivity index (χ0n) is 10.1. The van der Waals surface area contributed by atoms with E-state index in [1.165, 1.54) is 0 Å². The Hall–Kier alpha value is -0.303. The third-order valence-electron chi connectivity index (χ3n) is 2.83. The second kappa shape index (κ2) is 4.06. The summed E-state index contributed by atoms with van der Waals surface area (Å²) in [6, 6.07) is 0. The van der Waals surface area contributed by atoms with Gasteiger partial charge in [0, 0.05) is 0 Å². The first-order valence-corrected chi connectivity index (χ1v) is 7.77. The summed E-state index contributed by atoms with van der Waals surface area (Å²) in [7, 11) is -1.79. The molecule has 0 saturated heterocycles. The van der Waals surface area contributed by atoms with Crippen molar-refractivity contribution in [1.29, 1.82) is 0 Å². The molecule has 0 fully saturated rings. The van der Waals surface area contributed by atoms with E-state index in [0.29, 0.717) is 0 Å². The van der Waals surface area contributed by atoms with E-state index < -0.39 is 13.9 Å². The molecular weight excluding hydrogens is 192 g/mol. The molecule has 1 atom stereocenters. The Morgan fingerprint density at radius 3 is 2.00 bits per heavy atom. The molecule has 0 unspecified atom stereocenters. The maximum absolute atomic E-state index is 9.61. The van der Waals surface area contributed by atoms with Crippen LogP contribution in [0.15, 0.2) is 0 Å². The Kier molecular flexibility index (Phi) is 3.97. The molecule has 82 valence electrons. The molecule has 1 N–H and O–H groups in total. The highest BCUT2D eigenvalue weighted by molar-refractivity contribution is 6.74. The normalized spacial score (nSPS) is 17.3. The Morgan fingerprint density at radius 1 is 1.29 bits per heavy atom. The molecule has 0 radical (unpaired) electrons. The minimum absolute atomic E-state index is 0.150. The summed E-state index contributed by atoms with van der Waals surface area (Å²) in [5.74, 6) is 2.32. The van der Waals surface area contributed by atoms with Crippen molar-refractivity contribution < 1.29 is 9.53 Å². The summed E-state index contributed by atoms with van der Waals surface area (Å²) in [4.78, 5) is 0. The van der Waals surface area contributed by atoms with E-state index in [1.54, 1.807) is 6.92 Å². The van der Waals surface area contributed by atoms with E-state index in [2.05, 4.69) is 39.8 Å². The van der Waals surface area contributed by atoms with Crippen molar-refractivity contribution in [1.82, 2.24) is 0 Å². The number of rotatable bonds is 3. The summed E-state index contributed by atoms with van der Waals surface area (Å²) < 4.78 is 5.80. The van der Waals surface area contributed by atoms with Crippen LogP contribution in [0.4, 0.5) is 0 Å². The van der Waals surface area contributed by atoms with Crippen LogP contribution < -0.4 is 0 Å². The average Bonchev–Trinajstić information content (AvgIpc) is 1.99. The average molecular weight is 214 g/mol. The fraction of sp³-hybridized carbons (Fsp3) is 0.818. The Labute approximate surface area is 88.8 Å². The van der Waals surface area contributed by atoms with Gasteiger partial charge in [-0.05, 0) is 25.1 Å². The number of aliphatic hydroxyl groups is 1. The van der Waals surface area contributed by atoms with E-state index in [9.17, 15) is 5.11 Å². The minimum atomic E-state index is -1.79. The summed E-state index contributed by atoms with van der Waals surface area (Å²) >= 11 is 0. The minimum Gasteiger partial charge on any atom is -0.413 e. The molecule has 0 bridgehead atoms. The molecule has 2 nitrogen and oxygen atoms in total. The van der Waals surface area contributed by atoms with Crippen molar-refractivity contribution in [2.24, 2.45) is 0 Å². The van der Waals surface area contributed by atoms with Crippen molar-refractivity contribution in [2.45, 2.75) is 51.4 Å². The molecule has 0 aromatic rings. The largest absolute Gasteiger partial charge is 0.413 e. The zero-order valence-corrected chi connectivity index (χ0v) is 11.1. The van der Waals surface area contributed by atoms with Gasteiger partial charge in [-0.1, -0.05) is 26.7 Å². The summed E-state index contributed by atoms with van der Waals surface area (Å²) in [6.45, 7) is 12.6. The van der Waals surface area contributed by atoms with Crippen LogP contribution in [0.3, 0.4) is 0 Å². The van der Waals surface area contributed by atoms with Crippen LogP contribution in [0.1, 0.15) is 27.7 Å². The lowest BCUT2D eigenvalue weighted by atomic mass is 10.1. The molecule has 0 spiro atoms. The molecule has 0 aliphatic heterocycles. The van der Waals surface area contributed by atoms with E-state index in [4.69, 9.17) is 10.8 Å². The first-order valence-electron chi connectivity index (χ1n) is 4.86. The lowest BCUT2D eigenvalue weighted by molar-refractivity contribution is 0.0569. The second-order valence-corrected chi connectivity index (χ2v) is 10.3. The van der Waals surface area contributed by atoms with Crippen molar-refractivity contribution in [3.63, 3.8) is 0 Å². The molecule has 0 aromatic carbocycles. The van der Waals surface area contributed by atoms with Gasteiger partial charge in [0.1, 0.15) is 5.60 Å². The Morgan fingerprint density at radius 2 is 1.71 bits per heavy atom. The van der Waals surface area contributed by atoms with E-state index >= 15 is 0 Å². The third kappa shape index (κ3) is 3.83. The van der Waals surface area contributed by atoms with Crippen LogP contribution in [-0.2, 0) is 4.43 Å². The van der Waals surface area contributed by atoms with E-state index in [1.807, 2.05) is 0 Å². The molecule has 0 amide bonds. The molecule has 0 aromatic heterocycles. The van der Waals surface area contributed by atoms with Gasteiger partial charge in [-0.2, -0.15) is 0 Å². The molecule has 0 heterocycles. The molecule has 0 saturated carbocycles. The zero-order chi connectivity index (χ0) is 11.6. The molecule has 0 aliphatic rings. The van der Waals surface area contributed by atoms with Crippen molar-refractivity contribution in [2.75, 3.05) is 6.61 Å². The highest BCUT2D eigenvalue weighted by atomic mass is 28.4. The monoisotopic (exact) mass is 214 g/mol. The topological polar surface area (TPSA) is 29.5 Å². The molecule has 14 heavy (non-hydrogen) atoms. The van der Waals surface area contributed by atoms with Gasteiger partial charge in [-0.25, -0.2) is 0 Å². The SMILES string of the molecule is C#C[C@@](C)(O)CO[Si](C)(C)C(C)(C)C. The van der Waals surface area contributed by atoms with Crippen LogP contribution >= 0.6 is 0 Å². The molecular formula is C11H22O2Si. The van der Waals surface area contributed by atoms with Crippen molar-refractivity contribution in [3.8, 4) is 12.3 Å². The van der Waals surface area contributed by atoms with Gasteiger partial charge in [0.25, 0.3) is 0 Å². The van der Waals surface area contributed by atoms with Crippen LogP contribution in [0.5, 0.6) is 0 Å². The first kappa shape index (κ1) is 13.7. The van der Waals surface area contributed by atoms with Crippen molar-refractivity contribution in [3.05, 3.63) is 0 Å². The highest BCUT2D eigenvalue weighted by Gasteiger charge is 2.38. The van der Waals surface area contributed by atoms with Crippen LogP contribution in [-0.4, -0.2) is 25.6 Å². The summed E-state index contributed by atoms with van der Waals surface area (Å²) in [6.07, 6.45) is 5.18. The number of terminal acetylenes is 1. The molecule has 3 heteroatoms. The molecule has 0 aliphatic carbocycles. The number of hydrogen-bond acceptors (Lipinski definition) is 2. The lowest BCUT2D eigenvalue weighted by Gasteiger charge is -2.37. The molecule has 0 rings (SSSR count). The van der Waals surface area contributed by atoms with Crippen LogP contribution in [0.25, 0.3) is 0 Å². The standard InChI is InChI=1S/C11H22O2Si/c1-8-11(5,12)9-13-14(6,7)10(2,3)4/h1,12H,9H2,2-7H3/t11-/m1/s1. The van der Waals surface area contributed by atoms with Gasteiger partial charge in [0.15, 0.2) is 8.32 Å². The van der Waals surface area contributed by atoms with Gasteiger partial charge in [0.05, 0.1) is 6.61 Å². The van der Waals surface area contributed by atoms with Gasteiger partial charge in [-0.15, -0.1) is 6.42 Å². The summed E-state index contributed by atoms with van der Waals surface area (Å²) in [5.41, 5.74) is -1.14. The predicted octanol–water partition coefficient (Wildman–Crippen LogP) is 2.39. The van der Waals surface area contributed by atoms with Crippen LogP contribution in [0, 0.1) is 12.3 Å². The fourth-order valence-electron chi connectivity index (χ4n) is 0.579. The fourth-order valence-corrected chi connectivity index (χ4v) is 1.65. The van der Waals surface area contributed by atoms with Crippen molar-refractivity contribution >= 4 is 8.32 Å². The number of hydrogen-bond donors (Lipinski definition) is 1. The maximum Gasteiger partial charge on any atom is 0.192 e. The smallest absolute Gasteiger partial charge is 0.192 e. The predicted molar refractivity (Wildman–Crippen MR) is 62.6 cm³/mol. The van der Waals surface area contributed by atoms with E-state index in [-0.39, 0.29) is 11.6 Å². The van der Waals surface area contributed by atoms with Crippen LogP contribution in [0.2, 0.25) is 18.1 Å². The highest BCUT2D eigenvalue weighted by Crippen LogP contribution is 2.36. The lowest BCUT2D eigenvalue weighted by Crippen LogP contribution is -2.44. The first-order chi connectivity index (χ1) is 6.02. The van der Waals surface area contributed by atoms with Gasteiger partial charge in [-0.3, -0.25) is 0 Å². The van der Waals surface area contributed by atoms with E-state index in [0.717, 1.165) is 0 Å². The van der Waals surface area contributed by atoms with Gasteiger partial charge >= 0.3 is 0 Å². The Balaban J connectivity index is 4.36. The summed E-state index contributed by atoms with van der Waals surface area (Å²) in [5, 5.41) is 9.76. The van der Waals surface area contributed by atoms with Gasteiger partial charge in [0.2, 0.25) is 0 Å². The third-order valence-corrected chi connectivity index (χ3v) is 7.31. The van der Waals surface area contributed by atoms with Gasteiger partial charge < -0.3 is 9.53 Å². The quantitative estimate of drug-likeness (QED) is 0.577. The maximum atomic E-state index is 9.61.